The predicted octanol–water partition coefficient (Wildman–Crippen LogP) is 2.52. The predicted molar refractivity (Wildman–Crippen MR) is 123 cm³/mol. The van der Waals surface area contributed by atoms with Gasteiger partial charge < -0.3 is 9.64 Å². The summed E-state index contributed by atoms with van der Waals surface area (Å²) in [4.78, 5) is 14.6. The summed E-state index contributed by atoms with van der Waals surface area (Å²) in [5.41, 5.74) is 0.410. The van der Waals surface area contributed by atoms with E-state index >= 15 is 0 Å². The van der Waals surface area contributed by atoms with Crippen LogP contribution in [0.5, 0.6) is 5.75 Å². The normalized spacial score (nSPS) is 17.3. The standard InChI is InChI=1S/C22H27N3O6S2/c1-31-21-11-10-19(16-20(21)22(26)24-12-2-3-13-24)32(27,28)23-17-6-8-18(9-7-17)33(29,30)25-14-4-5-15-25/h6-11,16,23H,2-5,12-15H2,1H3. The zero-order valence-electron chi connectivity index (χ0n) is 18.4. The van der Waals surface area contributed by atoms with Gasteiger partial charge in [0.25, 0.3) is 15.9 Å². The summed E-state index contributed by atoms with van der Waals surface area (Å²) in [7, 11) is -6.17. The van der Waals surface area contributed by atoms with E-state index in [1.807, 2.05) is 0 Å². The molecule has 2 aromatic rings. The molecular weight excluding hydrogens is 466 g/mol. The third-order valence-electron chi connectivity index (χ3n) is 5.91. The largest absolute Gasteiger partial charge is 0.496 e. The van der Waals surface area contributed by atoms with Crippen LogP contribution in [0, 0.1) is 0 Å². The molecule has 11 heteroatoms. The lowest BCUT2D eigenvalue weighted by Crippen LogP contribution is -2.28. The smallest absolute Gasteiger partial charge is 0.261 e. The number of carbonyl (C=O) groups is 1. The third-order valence-corrected chi connectivity index (χ3v) is 9.21. The molecule has 0 saturated carbocycles. The molecule has 2 aromatic carbocycles. The highest BCUT2D eigenvalue weighted by Crippen LogP contribution is 2.27. The second-order valence-corrected chi connectivity index (χ2v) is 11.7. The van der Waals surface area contributed by atoms with Crippen LogP contribution in [-0.4, -0.2) is 65.2 Å². The lowest BCUT2D eigenvalue weighted by Gasteiger charge is -2.18. The lowest BCUT2D eigenvalue weighted by atomic mass is 10.1. The van der Waals surface area contributed by atoms with Gasteiger partial charge in [-0.1, -0.05) is 0 Å². The van der Waals surface area contributed by atoms with E-state index in [2.05, 4.69) is 4.72 Å². The maximum atomic E-state index is 13.0. The minimum absolute atomic E-state index is 0.0837. The van der Waals surface area contributed by atoms with Gasteiger partial charge in [0.2, 0.25) is 10.0 Å². The van der Waals surface area contributed by atoms with E-state index in [0.29, 0.717) is 31.9 Å². The number of sulfonamides is 2. The number of ether oxygens (including phenoxy) is 1. The zero-order chi connectivity index (χ0) is 23.6. The third kappa shape index (κ3) is 4.85. The summed E-state index contributed by atoms with van der Waals surface area (Å²) < 4.78 is 60.5. The molecule has 0 radical (unpaired) electrons. The van der Waals surface area contributed by atoms with Crippen LogP contribution in [0.2, 0.25) is 0 Å². The monoisotopic (exact) mass is 493 g/mol. The van der Waals surface area contributed by atoms with Gasteiger partial charge in [-0.2, -0.15) is 4.31 Å². The molecule has 0 aliphatic carbocycles. The van der Waals surface area contributed by atoms with E-state index in [9.17, 15) is 21.6 Å². The van der Waals surface area contributed by atoms with E-state index < -0.39 is 20.0 Å². The van der Waals surface area contributed by atoms with E-state index in [0.717, 1.165) is 25.7 Å². The molecule has 0 atom stereocenters. The van der Waals surface area contributed by atoms with Gasteiger partial charge in [-0.3, -0.25) is 9.52 Å². The molecule has 33 heavy (non-hydrogen) atoms. The van der Waals surface area contributed by atoms with Crippen LogP contribution in [0.25, 0.3) is 0 Å². The first-order valence-corrected chi connectivity index (χ1v) is 13.7. The highest BCUT2D eigenvalue weighted by atomic mass is 32.2. The minimum Gasteiger partial charge on any atom is -0.496 e. The minimum atomic E-state index is -4.02. The van der Waals surface area contributed by atoms with Gasteiger partial charge in [-0.05, 0) is 68.1 Å². The fourth-order valence-corrected chi connectivity index (χ4v) is 6.70. The number of amides is 1. The molecule has 2 aliphatic heterocycles. The van der Waals surface area contributed by atoms with Gasteiger partial charge in [0.15, 0.2) is 0 Å². The molecule has 0 spiro atoms. The quantitative estimate of drug-likeness (QED) is 0.634. The maximum Gasteiger partial charge on any atom is 0.261 e. The number of methoxy groups -OCH3 is 1. The van der Waals surface area contributed by atoms with Crippen LogP contribution < -0.4 is 9.46 Å². The molecule has 2 heterocycles. The summed E-state index contributed by atoms with van der Waals surface area (Å²) in [5, 5.41) is 0. The summed E-state index contributed by atoms with van der Waals surface area (Å²) >= 11 is 0. The molecule has 2 fully saturated rings. The number of hydrogen-bond donors (Lipinski definition) is 1. The van der Waals surface area contributed by atoms with Gasteiger partial charge in [0.05, 0.1) is 22.5 Å². The van der Waals surface area contributed by atoms with Gasteiger partial charge >= 0.3 is 0 Å². The Balaban J connectivity index is 1.56. The second-order valence-electron chi connectivity index (χ2n) is 8.10. The Labute approximate surface area is 194 Å². The van der Waals surface area contributed by atoms with Crippen molar-refractivity contribution in [2.45, 2.75) is 35.5 Å². The average Bonchev–Trinajstić information content (AvgIpc) is 3.53. The Hall–Kier alpha value is -2.63. The zero-order valence-corrected chi connectivity index (χ0v) is 20.0. The first-order chi connectivity index (χ1) is 15.7. The van der Waals surface area contributed by atoms with Crippen molar-refractivity contribution < 1.29 is 26.4 Å². The van der Waals surface area contributed by atoms with Crippen LogP contribution in [0.15, 0.2) is 52.3 Å². The molecule has 1 N–H and O–H groups in total. The Morgan fingerprint density at radius 3 is 2.03 bits per heavy atom. The highest BCUT2D eigenvalue weighted by Gasteiger charge is 2.28. The van der Waals surface area contributed by atoms with Crippen LogP contribution in [0.1, 0.15) is 36.0 Å². The van der Waals surface area contributed by atoms with Gasteiger partial charge in [0, 0.05) is 31.9 Å². The molecule has 2 saturated heterocycles. The van der Waals surface area contributed by atoms with E-state index in [1.165, 1.54) is 53.9 Å². The summed E-state index contributed by atoms with van der Waals surface area (Å²) in [5.74, 6) is 0.0418. The van der Waals surface area contributed by atoms with Gasteiger partial charge in [-0.25, -0.2) is 16.8 Å². The average molecular weight is 494 g/mol. The molecular formula is C22H27N3O6S2. The first kappa shape index (κ1) is 23.5. The van der Waals surface area contributed by atoms with Crippen molar-refractivity contribution in [3.05, 3.63) is 48.0 Å². The van der Waals surface area contributed by atoms with Crippen molar-refractivity contribution in [1.82, 2.24) is 9.21 Å². The van der Waals surface area contributed by atoms with Crippen molar-refractivity contribution in [3.8, 4) is 5.75 Å². The number of likely N-dealkylation sites (tertiary alicyclic amines) is 1. The van der Waals surface area contributed by atoms with Crippen LogP contribution >= 0.6 is 0 Å². The van der Waals surface area contributed by atoms with Crippen LogP contribution in [-0.2, 0) is 20.0 Å². The molecule has 0 unspecified atom stereocenters. The topological polar surface area (TPSA) is 113 Å². The number of carbonyl (C=O) groups excluding carboxylic acids is 1. The number of anilines is 1. The summed E-state index contributed by atoms with van der Waals surface area (Å²) in [6.45, 7) is 2.24. The maximum absolute atomic E-state index is 13.0. The fourth-order valence-electron chi connectivity index (χ4n) is 4.10. The van der Waals surface area contributed by atoms with E-state index in [-0.39, 0.29) is 26.9 Å². The van der Waals surface area contributed by atoms with Gasteiger partial charge in [-0.15, -0.1) is 0 Å². The number of rotatable bonds is 7. The Kier molecular flexibility index (Phi) is 6.64. The van der Waals surface area contributed by atoms with Crippen molar-refractivity contribution in [2.24, 2.45) is 0 Å². The van der Waals surface area contributed by atoms with Crippen LogP contribution in [0.3, 0.4) is 0 Å². The molecule has 0 bridgehead atoms. The second kappa shape index (κ2) is 9.32. The fraction of sp³-hybridized carbons (Fsp3) is 0.409. The van der Waals surface area contributed by atoms with Gasteiger partial charge in [0.1, 0.15) is 5.75 Å². The Morgan fingerprint density at radius 2 is 1.42 bits per heavy atom. The number of hydrogen-bond acceptors (Lipinski definition) is 6. The van der Waals surface area contributed by atoms with E-state index in [1.54, 1.807) is 4.90 Å². The molecule has 9 nitrogen and oxygen atoms in total. The number of benzene rings is 2. The molecule has 178 valence electrons. The number of nitrogens with zero attached hydrogens (tertiary/aromatic N) is 2. The van der Waals surface area contributed by atoms with Crippen molar-refractivity contribution in [3.63, 3.8) is 0 Å². The van der Waals surface area contributed by atoms with Crippen molar-refractivity contribution in [2.75, 3.05) is 38.0 Å². The first-order valence-electron chi connectivity index (χ1n) is 10.8. The highest BCUT2D eigenvalue weighted by molar-refractivity contribution is 7.92. The molecule has 4 rings (SSSR count). The molecule has 0 aromatic heterocycles. The Bertz CT molecular complexity index is 1230. The van der Waals surface area contributed by atoms with Crippen molar-refractivity contribution >= 4 is 31.6 Å². The summed E-state index contributed by atoms with van der Waals surface area (Å²) in [6.07, 6.45) is 3.50. The lowest BCUT2D eigenvalue weighted by molar-refractivity contribution is 0.0789. The number of nitrogens with one attached hydrogen (secondary N) is 1. The molecule has 1 amide bonds. The van der Waals surface area contributed by atoms with Crippen molar-refractivity contribution in [1.29, 1.82) is 0 Å². The SMILES string of the molecule is COc1ccc(S(=O)(=O)Nc2ccc(S(=O)(=O)N3CCCC3)cc2)cc1C(=O)N1CCCC1. The van der Waals surface area contributed by atoms with Crippen LogP contribution in [0.4, 0.5) is 5.69 Å². The molecule has 2 aliphatic rings. The Morgan fingerprint density at radius 1 is 0.848 bits per heavy atom. The summed E-state index contributed by atoms with van der Waals surface area (Å²) in [6, 6.07) is 9.76. The van der Waals surface area contributed by atoms with E-state index in [4.69, 9.17) is 4.74 Å².